The van der Waals surface area contributed by atoms with Crippen molar-refractivity contribution in [3.8, 4) is 17.6 Å². The molecule has 0 aliphatic carbocycles. The third-order valence-electron chi connectivity index (χ3n) is 1.72. The molecule has 0 saturated heterocycles. The molecule has 0 aliphatic rings. The fourth-order valence-electron chi connectivity index (χ4n) is 1.02. The Morgan fingerprint density at radius 2 is 2.06 bits per heavy atom. The van der Waals surface area contributed by atoms with Gasteiger partial charge in [-0.3, -0.25) is 0 Å². The van der Waals surface area contributed by atoms with E-state index in [0.717, 1.165) is 5.56 Å². The second kappa shape index (κ2) is 6.49. The first-order valence-corrected chi connectivity index (χ1v) is 4.86. The highest BCUT2D eigenvalue weighted by atomic mass is 16.5. The van der Waals surface area contributed by atoms with Crippen molar-refractivity contribution in [1.29, 1.82) is 0 Å². The van der Waals surface area contributed by atoms with Crippen molar-refractivity contribution in [2.24, 2.45) is 5.73 Å². The normalized spacial score (nSPS) is 9.06. The predicted octanol–water partition coefficient (Wildman–Crippen LogP) is 0.850. The molecule has 0 aliphatic heterocycles. The van der Waals surface area contributed by atoms with Gasteiger partial charge in [-0.1, -0.05) is 11.8 Å². The molecule has 16 heavy (non-hydrogen) atoms. The van der Waals surface area contributed by atoms with E-state index in [1.165, 1.54) is 0 Å². The van der Waals surface area contributed by atoms with E-state index in [2.05, 4.69) is 11.8 Å². The molecule has 0 amide bonds. The van der Waals surface area contributed by atoms with Gasteiger partial charge < -0.3 is 15.6 Å². The molecule has 0 aromatic heterocycles. The molecule has 1 aromatic carbocycles. The molecule has 1 aromatic rings. The number of hydrogen-bond acceptors (Lipinski definition) is 3. The van der Waals surface area contributed by atoms with E-state index in [9.17, 15) is 4.79 Å². The first-order chi connectivity index (χ1) is 7.72. The average molecular weight is 219 g/mol. The Bertz CT molecular complexity index is 401. The molecule has 0 atom stereocenters. The van der Waals surface area contributed by atoms with E-state index in [1.54, 1.807) is 24.3 Å². The summed E-state index contributed by atoms with van der Waals surface area (Å²) < 4.78 is 4.98. The third kappa shape index (κ3) is 4.49. The van der Waals surface area contributed by atoms with E-state index in [-0.39, 0.29) is 6.61 Å². The first kappa shape index (κ1) is 12.1. The van der Waals surface area contributed by atoms with E-state index in [4.69, 9.17) is 15.6 Å². The van der Waals surface area contributed by atoms with Gasteiger partial charge in [0, 0.05) is 18.5 Å². The van der Waals surface area contributed by atoms with E-state index < -0.39 is 5.97 Å². The number of carbonyl (C=O) groups is 1. The van der Waals surface area contributed by atoms with Crippen LogP contribution in [0.3, 0.4) is 0 Å². The van der Waals surface area contributed by atoms with Crippen molar-refractivity contribution in [3.63, 3.8) is 0 Å². The minimum absolute atomic E-state index is 0.335. The summed E-state index contributed by atoms with van der Waals surface area (Å²) in [7, 11) is 0. The van der Waals surface area contributed by atoms with Crippen molar-refractivity contribution in [2.75, 3.05) is 13.2 Å². The van der Waals surface area contributed by atoms with Gasteiger partial charge in [0.15, 0.2) is 6.61 Å². The number of carboxylic acids is 1. The standard InChI is InChI=1S/C12H13NO3/c13-8-2-1-3-10-4-6-11(7-5-10)16-9-12(14)15/h4-7H,2,8-9,13H2,(H,14,15). The number of nitrogens with two attached hydrogens (primary N) is 1. The predicted molar refractivity (Wildman–Crippen MR) is 60.1 cm³/mol. The van der Waals surface area contributed by atoms with Crippen molar-refractivity contribution in [2.45, 2.75) is 6.42 Å². The highest BCUT2D eigenvalue weighted by Gasteiger charge is 1.98. The van der Waals surface area contributed by atoms with Crippen LogP contribution in [-0.4, -0.2) is 24.2 Å². The summed E-state index contributed by atoms with van der Waals surface area (Å²) in [4.78, 5) is 10.3. The van der Waals surface area contributed by atoms with Gasteiger partial charge in [-0.2, -0.15) is 0 Å². The number of carboxylic acid groups (broad SMARTS) is 1. The zero-order valence-corrected chi connectivity index (χ0v) is 8.77. The maximum absolute atomic E-state index is 10.3. The lowest BCUT2D eigenvalue weighted by Crippen LogP contribution is -2.09. The smallest absolute Gasteiger partial charge is 0.341 e. The molecule has 0 fully saturated rings. The van der Waals surface area contributed by atoms with Crippen molar-refractivity contribution >= 4 is 5.97 Å². The number of benzene rings is 1. The zero-order chi connectivity index (χ0) is 11.8. The Labute approximate surface area is 94.0 Å². The van der Waals surface area contributed by atoms with Crippen LogP contribution in [-0.2, 0) is 4.79 Å². The largest absolute Gasteiger partial charge is 0.482 e. The van der Waals surface area contributed by atoms with Crippen molar-refractivity contribution in [3.05, 3.63) is 29.8 Å². The topological polar surface area (TPSA) is 72.5 Å². The van der Waals surface area contributed by atoms with Crippen LogP contribution in [0.15, 0.2) is 24.3 Å². The van der Waals surface area contributed by atoms with E-state index in [1.807, 2.05) is 0 Å². The molecule has 0 radical (unpaired) electrons. The quantitative estimate of drug-likeness (QED) is 0.736. The minimum Gasteiger partial charge on any atom is -0.482 e. The second-order valence-corrected chi connectivity index (χ2v) is 3.05. The molecule has 0 spiro atoms. The molecule has 3 N–H and O–H groups in total. The fourth-order valence-corrected chi connectivity index (χ4v) is 1.02. The van der Waals surface area contributed by atoms with Gasteiger partial charge in [0.2, 0.25) is 0 Å². The van der Waals surface area contributed by atoms with Crippen LogP contribution < -0.4 is 10.5 Å². The summed E-state index contributed by atoms with van der Waals surface area (Å²) in [6, 6.07) is 6.94. The van der Waals surface area contributed by atoms with Crippen LogP contribution in [0.4, 0.5) is 0 Å². The summed E-state index contributed by atoms with van der Waals surface area (Å²) in [6.45, 7) is 0.213. The van der Waals surface area contributed by atoms with Gasteiger partial charge in [-0.05, 0) is 24.3 Å². The summed E-state index contributed by atoms with van der Waals surface area (Å²) in [5.74, 6) is 5.37. The van der Waals surface area contributed by atoms with E-state index >= 15 is 0 Å². The van der Waals surface area contributed by atoms with Gasteiger partial charge in [0.1, 0.15) is 5.75 Å². The summed E-state index contributed by atoms with van der Waals surface area (Å²) in [6.07, 6.45) is 0.664. The molecule has 4 nitrogen and oxygen atoms in total. The molecule has 0 heterocycles. The average Bonchev–Trinajstić information content (AvgIpc) is 2.28. The van der Waals surface area contributed by atoms with Crippen LogP contribution in [0.5, 0.6) is 5.75 Å². The van der Waals surface area contributed by atoms with Crippen LogP contribution in [0.2, 0.25) is 0 Å². The van der Waals surface area contributed by atoms with Crippen LogP contribution in [0.25, 0.3) is 0 Å². The van der Waals surface area contributed by atoms with Crippen molar-refractivity contribution in [1.82, 2.24) is 0 Å². The molecular formula is C12H13NO3. The maximum atomic E-state index is 10.3. The van der Waals surface area contributed by atoms with Gasteiger partial charge in [-0.25, -0.2) is 4.79 Å². The number of ether oxygens (including phenoxy) is 1. The number of aliphatic carboxylic acids is 1. The Morgan fingerprint density at radius 1 is 1.38 bits per heavy atom. The molecule has 0 unspecified atom stereocenters. The van der Waals surface area contributed by atoms with Gasteiger partial charge in [0.25, 0.3) is 0 Å². The SMILES string of the molecule is NCCC#Cc1ccc(OCC(=O)O)cc1. The summed E-state index contributed by atoms with van der Waals surface area (Å²) >= 11 is 0. The molecule has 0 saturated carbocycles. The Morgan fingerprint density at radius 3 is 2.62 bits per heavy atom. The first-order valence-electron chi connectivity index (χ1n) is 4.86. The van der Waals surface area contributed by atoms with Crippen LogP contribution in [0, 0.1) is 11.8 Å². The lowest BCUT2D eigenvalue weighted by molar-refractivity contribution is -0.139. The number of rotatable bonds is 4. The summed E-state index contributed by atoms with van der Waals surface area (Å²) in [5, 5.41) is 8.41. The molecule has 84 valence electrons. The van der Waals surface area contributed by atoms with Crippen LogP contribution >= 0.6 is 0 Å². The number of hydrogen-bond donors (Lipinski definition) is 2. The lowest BCUT2D eigenvalue weighted by Gasteiger charge is -2.01. The molecule has 4 heteroatoms. The molecule has 0 bridgehead atoms. The Kier molecular flexibility index (Phi) is 4.90. The molecular weight excluding hydrogens is 206 g/mol. The Balaban J connectivity index is 2.55. The fraction of sp³-hybridized carbons (Fsp3) is 0.250. The van der Waals surface area contributed by atoms with Gasteiger partial charge in [-0.15, -0.1) is 0 Å². The monoisotopic (exact) mass is 219 g/mol. The third-order valence-corrected chi connectivity index (χ3v) is 1.72. The van der Waals surface area contributed by atoms with Crippen molar-refractivity contribution < 1.29 is 14.6 Å². The van der Waals surface area contributed by atoms with Crippen LogP contribution in [0.1, 0.15) is 12.0 Å². The Hall–Kier alpha value is -1.99. The lowest BCUT2D eigenvalue weighted by atomic mass is 10.2. The highest BCUT2D eigenvalue weighted by Crippen LogP contribution is 2.11. The highest BCUT2D eigenvalue weighted by molar-refractivity contribution is 5.68. The zero-order valence-electron chi connectivity index (χ0n) is 8.77. The summed E-state index contributed by atoms with van der Waals surface area (Å²) in [5.41, 5.74) is 6.16. The maximum Gasteiger partial charge on any atom is 0.341 e. The second-order valence-electron chi connectivity index (χ2n) is 3.05. The van der Waals surface area contributed by atoms with Gasteiger partial charge in [0.05, 0.1) is 0 Å². The minimum atomic E-state index is -0.994. The molecule has 1 rings (SSSR count). The van der Waals surface area contributed by atoms with E-state index in [0.29, 0.717) is 18.7 Å². The van der Waals surface area contributed by atoms with Gasteiger partial charge >= 0.3 is 5.97 Å².